The maximum Gasteiger partial charge on any atom is 0.169 e. The van der Waals surface area contributed by atoms with Gasteiger partial charge in [0.25, 0.3) is 0 Å². The Morgan fingerprint density at radius 3 is 2.12 bits per heavy atom. The van der Waals surface area contributed by atoms with Gasteiger partial charge < -0.3 is 9.47 Å². The molecule has 3 heteroatoms. The van der Waals surface area contributed by atoms with Crippen molar-refractivity contribution in [3.8, 4) is 0 Å². The van der Waals surface area contributed by atoms with Crippen LogP contribution in [0.4, 0.5) is 0 Å². The Balaban J connectivity index is 2.15. The van der Waals surface area contributed by atoms with E-state index in [4.69, 9.17) is 9.47 Å². The molecular weight excluding hydrogens is 216 g/mol. The number of carbonyl (C=O) groups is 1. The zero-order valence-electron chi connectivity index (χ0n) is 11.6. The van der Waals surface area contributed by atoms with Gasteiger partial charge in [-0.3, -0.25) is 4.79 Å². The Labute approximate surface area is 104 Å². The summed E-state index contributed by atoms with van der Waals surface area (Å²) in [6.07, 6.45) is 1.38. The summed E-state index contributed by atoms with van der Waals surface area (Å²) in [5, 5.41) is 0. The van der Waals surface area contributed by atoms with Crippen LogP contribution in [0.15, 0.2) is 0 Å². The molecule has 17 heavy (non-hydrogen) atoms. The lowest BCUT2D eigenvalue weighted by molar-refractivity contribution is -0.319. The number of ether oxygens (including phenoxy) is 2. The summed E-state index contributed by atoms with van der Waals surface area (Å²) in [4.78, 5) is 12.1. The lowest BCUT2D eigenvalue weighted by Gasteiger charge is -2.50. The average Bonchev–Trinajstić information content (AvgIpc) is 2.20. The van der Waals surface area contributed by atoms with E-state index >= 15 is 0 Å². The van der Waals surface area contributed by atoms with Gasteiger partial charge in [-0.25, -0.2) is 0 Å². The van der Waals surface area contributed by atoms with Crippen molar-refractivity contribution < 1.29 is 14.3 Å². The fraction of sp³-hybridized carbons (Fsp3) is 0.929. The second-order valence-corrected chi connectivity index (χ2v) is 7.18. The Morgan fingerprint density at radius 2 is 1.65 bits per heavy atom. The molecule has 1 aliphatic heterocycles. The monoisotopic (exact) mass is 240 g/mol. The van der Waals surface area contributed by atoms with E-state index in [1.54, 1.807) is 0 Å². The average molecular weight is 240 g/mol. The van der Waals surface area contributed by atoms with Crippen molar-refractivity contribution in [2.75, 3.05) is 13.2 Å². The summed E-state index contributed by atoms with van der Waals surface area (Å²) in [6, 6.07) is 0. The van der Waals surface area contributed by atoms with E-state index in [0.29, 0.717) is 31.8 Å². The maximum absolute atomic E-state index is 12.1. The summed E-state index contributed by atoms with van der Waals surface area (Å²) in [5.41, 5.74) is -0.251. The normalized spacial score (nSPS) is 34.9. The smallest absolute Gasteiger partial charge is 0.169 e. The van der Waals surface area contributed by atoms with Gasteiger partial charge in [0, 0.05) is 29.6 Å². The molecule has 3 nitrogen and oxygen atoms in total. The first-order chi connectivity index (χ1) is 7.66. The van der Waals surface area contributed by atoms with E-state index in [1.165, 1.54) is 0 Å². The summed E-state index contributed by atoms with van der Waals surface area (Å²) >= 11 is 0. The first-order valence-corrected chi connectivity index (χ1v) is 6.48. The third kappa shape index (κ3) is 2.41. The van der Waals surface area contributed by atoms with Gasteiger partial charge in [-0.15, -0.1) is 0 Å². The fourth-order valence-corrected chi connectivity index (χ4v) is 3.02. The van der Waals surface area contributed by atoms with Crippen molar-refractivity contribution in [3.63, 3.8) is 0 Å². The Hall–Kier alpha value is -0.410. The van der Waals surface area contributed by atoms with Gasteiger partial charge in [-0.2, -0.15) is 0 Å². The van der Waals surface area contributed by atoms with Crippen LogP contribution in [0.25, 0.3) is 0 Å². The molecule has 2 fully saturated rings. The third-order valence-corrected chi connectivity index (χ3v) is 3.89. The Bertz CT molecular complexity index is 320. The number of rotatable bonds is 0. The minimum atomic E-state index is -0.521. The largest absolute Gasteiger partial charge is 0.349 e. The number of carbonyl (C=O) groups excluding carboxylic acids is 1. The number of Topliss-reactive ketones (excluding diaryl/α,β-unsaturated/α-hetero) is 1. The Kier molecular flexibility index (Phi) is 2.91. The van der Waals surface area contributed by atoms with Crippen LogP contribution in [0.5, 0.6) is 0 Å². The van der Waals surface area contributed by atoms with Crippen LogP contribution in [0.2, 0.25) is 0 Å². The highest BCUT2D eigenvalue weighted by molar-refractivity contribution is 5.87. The highest BCUT2D eigenvalue weighted by Crippen LogP contribution is 2.46. The molecule has 1 saturated heterocycles. The number of ketones is 1. The molecule has 0 aromatic heterocycles. The molecule has 0 N–H and O–H groups in total. The molecule has 0 aromatic rings. The molecule has 0 amide bonds. The molecule has 98 valence electrons. The molecule has 0 unspecified atom stereocenters. The number of hydrogen-bond donors (Lipinski definition) is 0. The molecule has 1 heterocycles. The minimum absolute atomic E-state index is 0.0277. The highest BCUT2D eigenvalue weighted by atomic mass is 16.7. The predicted molar refractivity (Wildman–Crippen MR) is 65.6 cm³/mol. The molecule has 0 radical (unpaired) electrons. The van der Waals surface area contributed by atoms with Crippen LogP contribution in [0.1, 0.15) is 47.5 Å². The quantitative estimate of drug-likeness (QED) is 0.653. The van der Waals surface area contributed by atoms with E-state index in [2.05, 4.69) is 13.8 Å². The summed E-state index contributed by atoms with van der Waals surface area (Å²) in [7, 11) is 0. The molecule has 0 bridgehead atoms. The second kappa shape index (κ2) is 3.79. The molecule has 0 aromatic carbocycles. The van der Waals surface area contributed by atoms with E-state index in [9.17, 15) is 4.79 Å². The Morgan fingerprint density at radius 1 is 1.12 bits per heavy atom. The second-order valence-electron chi connectivity index (χ2n) is 7.18. The highest BCUT2D eigenvalue weighted by Gasteiger charge is 2.52. The summed E-state index contributed by atoms with van der Waals surface area (Å²) in [5.74, 6) is -0.160. The van der Waals surface area contributed by atoms with Crippen LogP contribution < -0.4 is 0 Å². The molecule has 1 spiro atoms. The standard InChI is InChI=1S/C14H24O3/c1-10-6-14(7-13(4,5)11(10)15)16-8-12(2,3)9-17-14/h10H,6-9H2,1-5H3/t10-/m1/s1. The zero-order valence-corrected chi connectivity index (χ0v) is 11.6. The van der Waals surface area contributed by atoms with Gasteiger partial charge in [0.15, 0.2) is 5.79 Å². The van der Waals surface area contributed by atoms with Gasteiger partial charge in [0.2, 0.25) is 0 Å². The lowest BCUT2D eigenvalue weighted by atomic mass is 9.68. The van der Waals surface area contributed by atoms with Gasteiger partial charge in [0.1, 0.15) is 5.78 Å². The maximum atomic E-state index is 12.1. The van der Waals surface area contributed by atoms with Gasteiger partial charge in [-0.05, 0) is 0 Å². The number of hydrogen-bond acceptors (Lipinski definition) is 3. The first-order valence-electron chi connectivity index (χ1n) is 6.48. The van der Waals surface area contributed by atoms with Crippen LogP contribution in [0.3, 0.4) is 0 Å². The fourth-order valence-electron chi connectivity index (χ4n) is 3.02. The molecule has 2 aliphatic rings. The van der Waals surface area contributed by atoms with Crippen molar-refractivity contribution in [3.05, 3.63) is 0 Å². The lowest BCUT2D eigenvalue weighted by Crippen LogP contribution is -2.55. The van der Waals surface area contributed by atoms with Crippen LogP contribution in [0, 0.1) is 16.7 Å². The van der Waals surface area contributed by atoms with Crippen LogP contribution in [-0.4, -0.2) is 24.8 Å². The van der Waals surface area contributed by atoms with Crippen molar-refractivity contribution in [2.24, 2.45) is 16.7 Å². The third-order valence-electron chi connectivity index (χ3n) is 3.89. The zero-order chi connectivity index (χ0) is 12.9. The van der Waals surface area contributed by atoms with Crippen LogP contribution in [-0.2, 0) is 14.3 Å². The molecule has 1 atom stereocenters. The van der Waals surface area contributed by atoms with Crippen LogP contribution >= 0.6 is 0 Å². The minimum Gasteiger partial charge on any atom is -0.349 e. The van der Waals surface area contributed by atoms with Gasteiger partial charge >= 0.3 is 0 Å². The van der Waals surface area contributed by atoms with Crippen molar-refractivity contribution >= 4 is 5.78 Å². The van der Waals surface area contributed by atoms with Crippen molar-refractivity contribution in [1.29, 1.82) is 0 Å². The van der Waals surface area contributed by atoms with E-state index in [0.717, 1.165) is 0 Å². The summed E-state index contributed by atoms with van der Waals surface area (Å²) < 4.78 is 12.0. The molecular formula is C14H24O3. The van der Waals surface area contributed by atoms with E-state index < -0.39 is 5.79 Å². The van der Waals surface area contributed by atoms with Gasteiger partial charge in [0.05, 0.1) is 13.2 Å². The predicted octanol–water partition coefficient (Wildman–Crippen LogP) is 2.78. The molecule has 2 rings (SSSR count). The first kappa shape index (κ1) is 13.0. The van der Waals surface area contributed by atoms with E-state index in [1.807, 2.05) is 20.8 Å². The van der Waals surface area contributed by atoms with Gasteiger partial charge in [-0.1, -0.05) is 34.6 Å². The van der Waals surface area contributed by atoms with Crippen molar-refractivity contribution in [2.45, 2.75) is 53.2 Å². The van der Waals surface area contributed by atoms with E-state index in [-0.39, 0.29) is 16.7 Å². The molecule has 1 aliphatic carbocycles. The topological polar surface area (TPSA) is 35.5 Å². The van der Waals surface area contributed by atoms with Crippen molar-refractivity contribution in [1.82, 2.24) is 0 Å². The summed E-state index contributed by atoms with van der Waals surface area (Å²) in [6.45, 7) is 11.7. The molecule has 1 saturated carbocycles. The SMILES string of the molecule is C[C@@H]1CC2(CC(C)(C)C1=O)OCC(C)(C)CO2.